The molecule has 1 unspecified atom stereocenters. The first-order chi connectivity index (χ1) is 18.9. The van der Waals surface area contributed by atoms with E-state index in [1.165, 1.54) is 12.1 Å². The van der Waals surface area contributed by atoms with Crippen LogP contribution in [0.2, 0.25) is 5.02 Å². The van der Waals surface area contributed by atoms with E-state index in [0.717, 1.165) is 29.5 Å². The first-order valence-corrected chi connectivity index (χ1v) is 13.6. The zero-order valence-electron chi connectivity index (χ0n) is 21.6. The minimum absolute atomic E-state index is 0.0361. The zero-order valence-corrected chi connectivity index (χ0v) is 22.4. The number of amides is 2. The van der Waals surface area contributed by atoms with Gasteiger partial charge in [0.15, 0.2) is 0 Å². The molecule has 3 aliphatic rings. The first kappa shape index (κ1) is 25.7. The van der Waals surface area contributed by atoms with E-state index in [-0.39, 0.29) is 36.3 Å². The van der Waals surface area contributed by atoms with Crippen molar-refractivity contribution in [2.24, 2.45) is 0 Å². The van der Waals surface area contributed by atoms with Crippen molar-refractivity contribution in [3.63, 3.8) is 0 Å². The monoisotopic (exact) mass is 549 g/mol. The van der Waals surface area contributed by atoms with E-state index < -0.39 is 0 Å². The molecule has 0 radical (unpaired) electrons. The lowest BCUT2D eigenvalue weighted by Crippen LogP contribution is -2.47. The Morgan fingerprint density at radius 1 is 1.13 bits per heavy atom. The molecule has 1 fully saturated rings. The Bertz CT molecular complexity index is 1440. The summed E-state index contributed by atoms with van der Waals surface area (Å²) in [6.45, 7) is 4.03. The van der Waals surface area contributed by atoms with Gasteiger partial charge in [-0.2, -0.15) is 0 Å². The van der Waals surface area contributed by atoms with Crippen molar-refractivity contribution in [3.05, 3.63) is 75.7 Å². The quantitative estimate of drug-likeness (QED) is 0.506. The predicted molar refractivity (Wildman–Crippen MR) is 145 cm³/mol. The molecule has 1 saturated heterocycles. The molecule has 0 bridgehead atoms. The largest absolute Gasteiger partial charge is 0.381 e. The highest BCUT2D eigenvalue weighted by atomic mass is 35.5. The zero-order chi connectivity index (χ0) is 27.1. The second-order valence-electron chi connectivity index (χ2n) is 10.4. The van der Waals surface area contributed by atoms with E-state index in [9.17, 15) is 14.0 Å². The number of ether oxygens (including phenoxy) is 1. The van der Waals surface area contributed by atoms with Crippen molar-refractivity contribution in [1.82, 2.24) is 19.8 Å². The van der Waals surface area contributed by atoms with E-state index >= 15 is 0 Å². The van der Waals surface area contributed by atoms with Crippen molar-refractivity contribution in [1.29, 1.82) is 0 Å². The minimum Gasteiger partial charge on any atom is -0.381 e. The van der Waals surface area contributed by atoms with Crippen LogP contribution < -0.4 is 5.32 Å². The Balaban J connectivity index is 1.17. The highest BCUT2D eigenvalue weighted by Gasteiger charge is 2.33. The number of hydrogen-bond acceptors (Lipinski definition) is 6. The summed E-state index contributed by atoms with van der Waals surface area (Å²) in [5, 5.41) is 3.74. The lowest BCUT2D eigenvalue weighted by atomic mass is 9.94. The standard InChI is InChI=1S/C29H29ClFN5O3/c1-17-10-18-4-5-22(31)11-21(18)15-36(17)26(37)16-35-14-20-3-2-19(12-24(20)28(35)38)27-25(30)13-32-29(34-27)33-23-6-8-39-9-7-23/h2-5,11-13,17,23H,6-10,14-16H2,1H3,(H,32,33,34). The molecule has 1 N–H and O–H groups in total. The van der Waals surface area contributed by atoms with Gasteiger partial charge in [-0.15, -0.1) is 0 Å². The Morgan fingerprint density at radius 3 is 2.74 bits per heavy atom. The summed E-state index contributed by atoms with van der Waals surface area (Å²) < 4.78 is 19.2. The second kappa shape index (κ2) is 10.5. The van der Waals surface area contributed by atoms with Gasteiger partial charge in [-0.3, -0.25) is 9.59 Å². The number of fused-ring (bicyclic) bond motifs is 2. The summed E-state index contributed by atoms with van der Waals surface area (Å²) in [7, 11) is 0. The molecule has 202 valence electrons. The van der Waals surface area contributed by atoms with Crippen LogP contribution in [-0.4, -0.2) is 63.4 Å². The lowest BCUT2D eigenvalue weighted by molar-refractivity contribution is -0.135. The first-order valence-electron chi connectivity index (χ1n) is 13.2. The van der Waals surface area contributed by atoms with E-state index in [1.807, 2.05) is 19.1 Å². The SMILES string of the molecule is CC1Cc2ccc(F)cc2CN1C(=O)CN1Cc2ccc(-c3nc(NC4CCOCC4)ncc3Cl)cc2C1=O. The maximum Gasteiger partial charge on any atom is 0.254 e. The highest BCUT2D eigenvalue weighted by molar-refractivity contribution is 6.33. The molecule has 6 rings (SSSR count). The molecule has 3 aromatic rings. The minimum atomic E-state index is -0.313. The summed E-state index contributed by atoms with van der Waals surface area (Å²) in [4.78, 5) is 38.9. The van der Waals surface area contributed by atoms with Crippen LogP contribution in [0.15, 0.2) is 42.6 Å². The third-order valence-corrected chi connectivity index (χ3v) is 8.04. The molecule has 4 heterocycles. The predicted octanol–water partition coefficient (Wildman–Crippen LogP) is 4.46. The average molecular weight is 550 g/mol. The van der Waals surface area contributed by atoms with Gasteiger partial charge in [-0.25, -0.2) is 14.4 Å². The summed E-state index contributed by atoms with van der Waals surface area (Å²) in [6, 6.07) is 10.5. The van der Waals surface area contributed by atoms with Crippen LogP contribution >= 0.6 is 11.6 Å². The number of rotatable bonds is 5. The maximum atomic E-state index is 13.8. The van der Waals surface area contributed by atoms with Gasteiger partial charge >= 0.3 is 0 Å². The van der Waals surface area contributed by atoms with Gasteiger partial charge in [0.25, 0.3) is 5.91 Å². The number of benzene rings is 2. The summed E-state index contributed by atoms with van der Waals surface area (Å²) in [6.07, 6.45) is 3.98. The molecule has 1 aromatic heterocycles. The van der Waals surface area contributed by atoms with Gasteiger partial charge in [-0.1, -0.05) is 29.8 Å². The average Bonchev–Trinajstić information content (AvgIpc) is 3.24. The fraction of sp³-hybridized carbons (Fsp3) is 0.379. The highest BCUT2D eigenvalue weighted by Crippen LogP contribution is 2.32. The van der Waals surface area contributed by atoms with Gasteiger partial charge < -0.3 is 19.9 Å². The molecule has 0 aliphatic carbocycles. The van der Waals surface area contributed by atoms with Gasteiger partial charge in [0, 0.05) is 49.5 Å². The number of hydrogen-bond donors (Lipinski definition) is 1. The topological polar surface area (TPSA) is 87.7 Å². The molecule has 8 nitrogen and oxygen atoms in total. The molecular weight excluding hydrogens is 521 g/mol. The van der Waals surface area contributed by atoms with Crippen molar-refractivity contribution < 1.29 is 18.7 Å². The molecule has 10 heteroatoms. The van der Waals surface area contributed by atoms with Gasteiger partial charge in [0.05, 0.1) is 16.9 Å². The van der Waals surface area contributed by atoms with Gasteiger partial charge in [0.2, 0.25) is 11.9 Å². The van der Waals surface area contributed by atoms with Crippen LogP contribution in [0.5, 0.6) is 0 Å². The summed E-state index contributed by atoms with van der Waals surface area (Å²) in [5.41, 5.74) is 4.50. The third kappa shape index (κ3) is 5.21. The third-order valence-electron chi connectivity index (χ3n) is 7.76. The number of halogens is 2. The number of anilines is 1. The van der Waals surface area contributed by atoms with Crippen molar-refractivity contribution >= 4 is 29.4 Å². The lowest BCUT2D eigenvalue weighted by Gasteiger charge is -2.36. The summed E-state index contributed by atoms with van der Waals surface area (Å²) in [5.74, 6) is -0.187. The van der Waals surface area contributed by atoms with Crippen LogP contribution in [0.4, 0.5) is 10.3 Å². The fourth-order valence-corrected chi connectivity index (χ4v) is 5.80. The van der Waals surface area contributed by atoms with Crippen molar-refractivity contribution in [3.8, 4) is 11.3 Å². The van der Waals surface area contributed by atoms with Crippen LogP contribution in [0.3, 0.4) is 0 Å². The second-order valence-corrected chi connectivity index (χ2v) is 10.8. The Labute approximate surface area is 231 Å². The van der Waals surface area contributed by atoms with Gasteiger partial charge in [0.1, 0.15) is 12.4 Å². The number of aromatic nitrogens is 2. The van der Waals surface area contributed by atoms with E-state index in [2.05, 4.69) is 15.3 Å². The van der Waals surface area contributed by atoms with Crippen LogP contribution in [0, 0.1) is 5.82 Å². The number of nitrogens with zero attached hydrogens (tertiary/aromatic N) is 4. The van der Waals surface area contributed by atoms with Crippen LogP contribution in [-0.2, 0) is 29.0 Å². The molecular formula is C29H29ClFN5O3. The maximum absolute atomic E-state index is 13.8. The molecule has 1 atom stereocenters. The summed E-state index contributed by atoms with van der Waals surface area (Å²) >= 11 is 6.46. The molecule has 0 saturated carbocycles. The molecule has 0 spiro atoms. The molecule has 39 heavy (non-hydrogen) atoms. The van der Waals surface area contributed by atoms with Crippen molar-refractivity contribution in [2.75, 3.05) is 25.1 Å². The Hall–Kier alpha value is -3.56. The Morgan fingerprint density at radius 2 is 1.92 bits per heavy atom. The van der Waals surface area contributed by atoms with Crippen LogP contribution in [0.25, 0.3) is 11.3 Å². The smallest absolute Gasteiger partial charge is 0.254 e. The molecule has 3 aliphatic heterocycles. The van der Waals surface area contributed by atoms with E-state index in [1.54, 1.807) is 28.1 Å². The normalized spacial score (nSPS) is 19.2. The van der Waals surface area contributed by atoms with Crippen LogP contribution in [0.1, 0.15) is 46.8 Å². The molecule has 2 amide bonds. The van der Waals surface area contributed by atoms with Gasteiger partial charge in [-0.05, 0) is 61.1 Å². The Kier molecular flexibility index (Phi) is 6.95. The van der Waals surface area contributed by atoms with E-state index in [0.29, 0.717) is 60.5 Å². The van der Waals surface area contributed by atoms with Crippen molar-refractivity contribution in [2.45, 2.75) is 51.4 Å². The number of carbonyl (C=O) groups excluding carboxylic acids is 2. The fourth-order valence-electron chi connectivity index (χ4n) is 5.60. The van der Waals surface area contributed by atoms with E-state index in [4.69, 9.17) is 16.3 Å². The number of nitrogens with one attached hydrogen (secondary N) is 1. The number of carbonyl (C=O) groups is 2. The molecule has 2 aromatic carbocycles.